The van der Waals surface area contributed by atoms with Crippen LogP contribution < -0.4 is 10.6 Å². The van der Waals surface area contributed by atoms with Gasteiger partial charge in [-0.15, -0.1) is 5.10 Å². The molecule has 0 spiro atoms. The first-order valence-corrected chi connectivity index (χ1v) is 6.09. The SMILES string of the molecule is CNC(C)c1nnc(NCCCOCCOC)o1. The molecule has 0 aliphatic heterocycles. The number of nitrogens with one attached hydrogen (secondary N) is 2. The van der Waals surface area contributed by atoms with Crippen LogP contribution in [0.4, 0.5) is 6.01 Å². The second-order valence-electron chi connectivity index (χ2n) is 3.84. The molecule has 0 radical (unpaired) electrons. The number of anilines is 1. The largest absolute Gasteiger partial charge is 0.406 e. The number of aromatic nitrogens is 2. The third kappa shape index (κ3) is 5.44. The van der Waals surface area contributed by atoms with E-state index in [-0.39, 0.29) is 6.04 Å². The van der Waals surface area contributed by atoms with Crippen molar-refractivity contribution in [2.45, 2.75) is 19.4 Å². The van der Waals surface area contributed by atoms with Gasteiger partial charge in [-0.25, -0.2) is 0 Å². The summed E-state index contributed by atoms with van der Waals surface area (Å²) in [5, 5.41) is 13.9. The smallest absolute Gasteiger partial charge is 0.315 e. The van der Waals surface area contributed by atoms with Crippen LogP contribution in [0, 0.1) is 0 Å². The zero-order valence-corrected chi connectivity index (χ0v) is 11.2. The summed E-state index contributed by atoms with van der Waals surface area (Å²) < 4.78 is 15.6. The maximum atomic E-state index is 5.42. The molecule has 0 amide bonds. The Hall–Kier alpha value is -1.18. The van der Waals surface area contributed by atoms with Gasteiger partial charge in [0, 0.05) is 20.3 Å². The first kappa shape index (κ1) is 14.9. The summed E-state index contributed by atoms with van der Waals surface area (Å²) in [5.41, 5.74) is 0. The molecule has 0 saturated heterocycles. The molecule has 1 heterocycles. The second-order valence-corrected chi connectivity index (χ2v) is 3.84. The molecule has 7 heteroatoms. The van der Waals surface area contributed by atoms with E-state index >= 15 is 0 Å². The number of rotatable bonds is 10. The van der Waals surface area contributed by atoms with Gasteiger partial charge in [0.05, 0.1) is 19.3 Å². The summed E-state index contributed by atoms with van der Waals surface area (Å²) in [4.78, 5) is 0. The van der Waals surface area contributed by atoms with Gasteiger partial charge in [0.25, 0.3) is 0 Å². The lowest BCUT2D eigenvalue weighted by atomic mass is 10.3. The highest BCUT2D eigenvalue weighted by Crippen LogP contribution is 2.12. The maximum Gasteiger partial charge on any atom is 0.315 e. The van der Waals surface area contributed by atoms with Crippen molar-refractivity contribution in [3.8, 4) is 0 Å². The molecule has 0 aliphatic rings. The Morgan fingerprint density at radius 2 is 2.11 bits per heavy atom. The maximum absolute atomic E-state index is 5.42. The molecule has 1 aromatic rings. The fourth-order valence-corrected chi connectivity index (χ4v) is 1.22. The summed E-state index contributed by atoms with van der Waals surface area (Å²) in [6, 6.07) is 0.509. The molecule has 2 N–H and O–H groups in total. The summed E-state index contributed by atoms with van der Waals surface area (Å²) in [5.74, 6) is 0.580. The van der Waals surface area contributed by atoms with E-state index in [4.69, 9.17) is 13.9 Å². The first-order chi connectivity index (χ1) is 8.77. The first-order valence-electron chi connectivity index (χ1n) is 6.09. The Kier molecular flexibility index (Phi) is 7.31. The minimum Gasteiger partial charge on any atom is -0.406 e. The number of ether oxygens (including phenoxy) is 2. The fourth-order valence-electron chi connectivity index (χ4n) is 1.22. The van der Waals surface area contributed by atoms with Crippen LogP contribution in [0.1, 0.15) is 25.3 Å². The van der Waals surface area contributed by atoms with Crippen molar-refractivity contribution < 1.29 is 13.9 Å². The van der Waals surface area contributed by atoms with Crippen LogP contribution in [-0.2, 0) is 9.47 Å². The molecule has 104 valence electrons. The Bertz CT molecular complexity index is 319. The summed E-state index contributed by atoms with van der Waals surface area (Å²) in [7, 11) is 3.50. The molecule has 1 rings (SSSR count). The van der Waals surface area contributed by atoms with E-state index in [1.54, 1.807) is 7.11 Å². The van der Waals surface area contributed by atoms with Gasteiger partial charge in [-0.05, 0) is 20.4 Å². The van der Waals surface area contributed by atoms with Crippen molar-refractivity contribution in [3.05, 3.63) is 5.89 Å². The van der Waals surface area contributed by atoms with Crippen LogP contribution in [0.3, 0.4) is 0 Å². The summed E-state index contributed by atoms with van der Waals surface area (Å²) in [6.45, 7) is 4.64. The Morgan fingerprint density at radius 1 is 1.28 bits per heavy atom. The highest BCUT2D eigenvalue weighted by Gasteiger charge is 2.10. The van der Waals surface area contributed by atoms with Crippen molar-refractivity contribution in [1.29, 1.82) is 0 Å². The van der Waals surface area contributed by atoms with E-state index in [1.807, 2.05) is 14.0 Å². The van der Waals surface area contributed by atoms with Crippen LogP contribution in [0.25, 0.3) is 0 Å². The second kappa shape index (κ2) is 8.84. The van der Waals surface area contributed by atoms with Crippen molar-refractivity contribution in [2.24, 2.45) is 0 Å². The van der Waals surface area contributed by atoms with Gasteiger partial charge in [-0.3, -0.25) is 0 Å². The van der Waals surface area contributed by atoms with E-state index in [9.17, 15) is 0 Å². The van der Waals surface area contributed by atoms with Gasteiger partial charge in [-0.2, -0.15) is 0 Å². The Labute approximate surface area is 107 Å². The van der Waals surface area contributed by atoms with Crippen LogP contribution in [0.15, 0.2) is 4.42 Å². The normalized spacial score (nSPS) is 12.6. The fraction of sp³-hybridized carbons (Fsp3) is 0.818. The average molecular weight is 258 g/mol. The van der Waals surface area contributed by atoms with E-state index < -0.39 is 0 Å². The lowest BCUT2D eigenvalue weighted by Gasteiger charge is -2.04. The third-order valence-corrected chi connectivity index (χ3v) is 2.42. The Morgan fingerprint density at radius 3 is 2.83 bits per heavy atom. The molecule has 0 fully saturated rings. The molecule has 1 atom stereocenters. The minimum absolute atomic E-state index is 0.0606. The quantitative estimate of drug-likeness (QED) is 0.601. The van der Waals surface area contributed by atoms with E-state index in [2.05, 4.69) is 20.8 Å². The predicted molar refractivity (Wildman–Crippen MR) is 67.6 cm³/mol. The van der Waals surface area contributed by atoms with Crippen LogP contribution in [-0.4, -0.2) is 50.7 Å². The average Bonchev–Trinajstić information content (AvgIpc) is 2.85. The van der Waals surface area contributed by atoms with Crippen molar-refractivity contribution in [2.75, 3.05) is 45.8 Å². The topological polar surface area (TPSA) is 81.4 Å². The molecule has 0 aromatic carbocycles. The van der Waals surface area contributed by atoms with E-state index in [0.717, 1.165) is 13.0 Å². The minimum atomic E-state index is 0.0606. The Balaban J connectivity index is 2.10. The summed E-state index contributed by atoms with van der Waals surface area (Å²) in [6.07, 6.45) is 0.878. The predicted octanol–water partition coefficient (Wildman–Crippen LogP) is 0.815. The van der Waals surface area contributed by atoms with Gasteiger partial charge in [0.1, 0.15) is 0 Å². The van der Waals surface area contributed by atoms with Crippen LogP contribution >= 0.6 is 0 Å². The molecule has 18 heavy (non-hydrogen) atoms. The number of hydrogen-bond donors (Lipinski definition) is 2. The molecule has 7 nitrogen and oxygen atoms in total. The molecule has 0 aliphatic carbocycles. The van der Waals surface area contributed by atoms with Crippen LogP contribution in [0.5, 0.6) is 0 Å². The molecular formula is C11H22N4O3. The van der Waals surface area contributed by atoms with Gasteiger partial charge in [0.15, 0.2) is 0 Å². The van der Waals surface area contributed by atoms with Crippen molar-refractivity contribution >= 4 is 6.01 Å². The van der Waals surface area contributed by atoms with Gasteiger partial charge >= 0.3 is 6.01 Å². The monoisotopic (exact) mass is 258 g/mol. The van der Waals surface area contributed by atoms with Crippen LogP contribution in [0.2, 0.25) is 0 Å². The van der Waals surface area contributed by atoms with Gasteiger partial charge in [-0.1, -0.05) is 5.10 Å². The lowest BCUT2D eigenvalue weighted by molar-refractivity contribution is 0.0705. The number of hydrogen-bond acceptors (Lipinski definition) is 7. The number of nitrogens with zero attached hydrogens (tertiary/aromatic N) is 2. The highest BCUT2D eigenvalue weighted by atomic mass is 16.5. The molecule has 1 aromatic heterocycles. The summed E-state index contributed by atoms with van der Waals surface area (Å²) >= 11 is 0. The van der Waals surface area contributed by atoms with E-state index in [0.29, 0.717) is 31.7 Å². The third-order valence-electron chi connectivity index (χ3n) is 2.42. The molecule has 0 bridgehead atoms. The van der Waals surface area contributed by atoms with Gasteiger partial charge < -0.3 is 24.5 Å². The van der Waals surface area contributed by atoms with Crippen molar-refractivity contribution in [3.63, 3.8) is 0 Å². The van der Waals surface area contributed by atoms with E-state index in [1.165, 1.54) is 0 Å². The molecule has 0 saturated carbocycles. The lowest BCUT2D eigenvalue weighted by Crippen LogP contribution is -2.12. The zero-order chi connectivity index (χ0) is 13.2. The van der Waals surface area contributed by atoms with Crippen molar-refractivity contribution in [1.82, 2.24) is 15.5 Å². The zero-order valence-electron chi connectivity index (χ0n) is 11.2. The number of methoxy groups -OCH3 is 1. The molecular weight excluding hydrogens is 236 g/mol. The van der Waals surface area contributed by atoms with Gasteiger partial charge in [0.2, 0.25) is 5.89 Å². The molecule has 1 unspecified atom stereocenters. The standard InChI is InChI=1S/C11H22N4O3/c1-9(12-2)10-14-15-11(18-10)13-5-4-6-17-8-7-16-3/h9,12H,4-8H2,1-3H3,(H,13,15). The highest BCUT2D eigenvalue weighted by molar-refractivity contribution is 5.16.